The minimum atomic E-state index is 0.696. The van der Waals surface area contributed by atoms with Crippen LogP contribution in [0, 0.1) is 6.92 Å². The molecule has 1 aromatic carbocycles. The number of furan rings is 1. The molecule has 0 saturated heterocycles. The highest BCUT2D eigenvalue weighted by Crippen LogP contribution is 2.15. The molecule has 0 saturated carbocycles. The molecular weight excluding hydrogens is 236 g/mol. The number of hydrogen-bond donors (Lipinski definition) is 1. The Bertz CT molecular complexity index is 519. The van der Waals surface area contributed by atoms with Crippen molar-refractivity contribution in [3.63, 3.8) is 0 Å². The van der Waals surface area contributed by atoms with Crippen molar-refractivity contribution in [2.75, 3.05) is 13.6 Å². The minimum Gasteiger partial charge on any atom is -0.469 e. The summed E-state index contributed by atoms with van der Waals surface area (Å²) in [5.41, 5.74) is 9.62. The highest BCUT2D eigenvalue weighted by molar-refractivity contribution is 5.27. The zero-order valence-corrected chi connectivity index (χ0v) is 11.7. The van der Waals surface area contributed by atoms with E-state index < -0.39 is 0 Å². The summed E-state index contributed by atoms with van der Waals surface area (Å²) in [5, 5.41) is 0. The van der Waals surface area contributed by atoms with Crippen LogP contribution >= 0.6 is 0 Å². The van der Waals surface area contributed by atoms with Gasteiger partial charge in [0.2, 0.25) is 0 Å². The van der Waals surface area contributed by atoms with Crippen molar-refractivity contribution in [1.82, 2.24) is 4.90 Å². The number of benzene rings is 1. The second-order valence-corrected chi connectivity index (χ2v) is 4.98. The molecule has 2 N–H and O–H groups in total. The van der Waals surface area contributed by atoms with E-state index in [2.05, 4.69) is 36.2 Å². The normalized spacial score (nSPS) is 11.2. The van der Waals surface area contributed by atoms with E-state index in [0.29, 0.717) is 6.54 Å². The fourth-order valence-corrected chi connectivity index (χ4v) is 2.32. The molecule has 2 aromatic rings. The lowest BCUT2D eigenvalue weighted by atomic mass is 10.0. The highest BCUT2D eigenvalue weighted by Gasteiger charge is 2.08. The number of hydrogen-bond acceptors (Lipinski definition) is 3. The summed E-state index contributed by atoms with van der Waals surface area (Å²) < 4.78 is 5.33. The van der Waals surface area contributed by atoms with Gasteiger partial charge >= 0.3 is 0 Å². The first kappa shape index (κ1) is 13.8. The first-order valence-corrected chi connectivity index (χ1v) is 6.69. The van der Waals surface area contributed by atoms with Crippen LogP contribution in [0.25, 0.3) is 0 Å². The molecule has 0 amide bonds. The average Bonchev–Trinajstić information content (AvgIpc) is 2.78. The molecule has 0 aliphatic heterocycles. The van der Waals surface area contributed by atoms with Gasteiger partial charge in [0.15, 0.2) is 0 Å². The number of aryl methyl sites for hydroxylation is 1. The number of nitrogens with zero attached hydrogens (tertiary/aromatic N) is 1. The second kappa shape index (κ2) is 6.55. The topological polar surface area (TPSA) is 42.4 Å². The van der Waals surface area contributed by atoms with Crippen molar-refractivity contribution in [2.45, 2.75) is 26.4 Å². The van der Waals surface area contributed by atoms with Gasteiger partial charge in [-0.15, -0.1) is 0 Å². The molecular formula is C16H22N2O. The van der Waals surface area contributed by atoms with Crippen molar-refractivity contribution in [3.05, 3.63) is 59.0 Å². The van der Waals surface area contributed by atoms with Crippen molar-refractivity contribution in [2.24, 2.45) is 5.73 Å². The van der Waals surface area contributed by atoms with Crippen LogP contribution in [0.1, 0.15) is 22.5 Å². The molecule has 0 atom stereocenters. The second-order valence-electron chi connectivity index (χ2n) is 4.98. The van der Waals surface area contributed by atoms with Crippen LogP contribution in [-0.2, 0) is 19.5 Å². The van der Waals surface area contributed by atoms with Crippen molar-refractivity contribution < 1.29 is 4.42 Å². The molecule has 0 aliphatic carbocycles. The van der Waals surface area contributed by atoms with Gasteiger partial charge in [0.25, 0.3) is 0 Å². The van der Waals surface area contributed by atoms with Gasteiger partial charge < -0.3 is 10.2 Å². The molecule has 3 heteroatoms. The van der Waals surface area contributed by atoms with Crippen molar-refractivity contribution in [3.8, 4) is 0 Å². The maximum atomic E-state index is 5.66. The van der Waals surface area contributed by atoms with Crippen LogP contribution in [0.4, 0.5) is 0 Å². The van der Waals surface area contributed by atoms with Gasteiger partial charge in [0.1, 0.15) is 5.76 Å². The molecule has 1 heterocycles. The van der Waals surface area contributed by atoms with Gasteiger partial charge in [-0.1, -0.05) is 24.3 Å². The van der Waals surface area contributed by atoms with Gasteiger partial charge in [-0.05, 0) is 44.1 Å². The summed E-state index contributed by atoms with van der Waals surface area (Å²) in [6.45, 7) is 4.53. The summed E-state index contributed by atoms with van der Waals surface area (Å²) in [4.78, 5) is 2.30. The van der Waals surface area contributed by atoms with E-state index in [0.717, 1.165) is 25.3 Å². The van der Waals surface area contributed by atoms with Crippen LogP contribution in [0.15, 0.2) is 41.0 Å². The lowest BCUT2D eigenvalue weighted by molar-refractivity contribution is 0.315. The zero-order chi connectivity index (χ0) is 13.7. The quantitative estimate of drug-likeness (QED) is 0.866. The molecule has 3 nitrogen and oxygen atoms in total. The largest absolute Gasteiger partial charge is 0.469 e. The third-order valence-corrected chi connectivity index (χ3v) is 3.38. The average molecular weight is 258 g/mol. The summed E-state index contributed by atoms with van der Waals surface area (Å²) in [6.07, 6.45) is 2.69. The molecule has 19 heavy (non-hydrogen) atoms. The number of rotatable bonds is 6. The summed E-state index contributed by atoms with van der Waals surface area (Å²) in [5.74, 6) is 1.00. The first-order valence-electron chi connectivity index (χ1n) is 6.69. The molecule has 2 rings (SSSR count). The molecule has 0 aliphatic rings. The molecule has 0 fully saturated rings. The minimum absolute atomic E-state index is 0.696. The predicted molar refractivity (Wildman–Crippen MR) is 77.8 cm³/mol. The molecule has 0 unspecified atom stereocenters. The van der Waals surface area contributed by atoms with E-state index in [1.807, 2.05) is 13.0 Å². The maximum absolute atomic E-state index is 5.66. The van der Waals surface area contributed by atoms with Crippen molar-refractivity contribution in [1.29, 1.82) is 0 Å². The summed E-state index contributed by atoms with van der Waals surface area (Å²) in [6, 6.07) is 10.6. The van der Waals surface area contributed by atoms with Gasteiger partial charge in [0, 0.05) is 18.7 Å². The monoisotopic (exact) mass is 258 g/mol. The van der Waals surface area contributed by atoms with E-state index in [4.69, 9.17) is 10.2 Å². The van der Waals surface area contributed by atoms with E-state index in [1.165, 1.54) is 16.7 Å². The molecule has 102 valence electrons. The Morgan fingerprint density at radius 3 is 2.37 bits per heavy atom. The number of nitrogens with two attached hydrogens (primary N) is 1. The predicted octanol–water partition coefficient (Wildman–Crippen LogP) is 2.72. The summed E-state index contributed by atoms with van der Waals surface area (Å²) >= 11 is 0. The Labute approximate surface area is 115 Å². The van der Waals surface area contributed by atoms with Gasteiger partial charge in [0.05, 0.1) is 6.26 Å². The van der Waals surface area contributed by atoms with Crippen LogP contribution in [0.5, 0.6) is 0 Å². The van der Waals surface area contributed by atoms with Gasteiger partial charge in [-0.3, -0.25) is 4.90 Å². The maximum Gasteiger partial charge on any atom is 0.105 e. The first-order chi connectivity index (χ1) is 9.20. The zero-order valence-electron chi connectivity index (χ0n) is 11.7. The van der Waals surface area contributed by atoms with E-state index in [9.17, 15) is 0 Å². The van der Waals surface area contributed by atoms with Crippen LogP contribution < -0.4 is 5.73 Å². The van der Waals surface area contributed by atoms with Crippen LogP contribution in [-0.4, -0.2) is 18.5 Å². The lowest BCUT2D eigenvalue weighted by Gasteiger charge is -2.18. The van der Waals surface area contributed by atoms with E-state index in [-0.39, 0.29) is 0 Å². The lowest BCUT2D eigenvalue weighted by Crippen LogP contribution is -2.19. The fourth-order valence-electron chi connectivity index (χ4n) is 2.32. The van der Waals surface area contributed by atoms with E-state index in [1.54, 1.807) is 6.26 Å². The third-order valence-electron chi connectivity index (χ3n) is 3.38. The summed E-state index contributed by atoms with van der Waals surface area (Å²) in [7, 11) is 2.13. The SMILES string of the molecule is Cc1occc1CN(C)Cc1ccccc1CCN. The molecule has 1 aromatic heterocycles. The Balaban J connectivity index is 2.02. The Hall–Kier alpha value is -1.58. The molecule has 0 spiro atoms. The van der Waals surface area contributed by atoms with Gasteiger partial charge in [-0.25, -0.2) is 0 Å². The fraction of sp³-hybridized carbons (Fsp3) is 0.375. The Kier molecular flexibility index (Phi) is 4.77. The van der Waals surface area contributed by atoms with Crippen molar-refractivity contribution >= 4 is 0 Å². The van der Waals surface area contributed by atoms with Crippen LogP contribution in [0.3, 0.4) is 0 Å². The highest BCUT2D eigenvalue weighted by atomic mass is 16.3. The third kappa shape index (κ3) is 3.69. The Morgan fingerprint density at radius 1 is 1.05 bits per heavy atom. The molecule has 0 bridgehead atoms. The van der Waals surface area contributed by atoms with E-state index >= 15 is 0 Å². The molecule has 0 radical (unpaired) electrons. The Morgan fingerprint density at radius 2 is 1.74 bits per heavy atom. The van der Waals surface area contributed by atoms with Gasteiger partial charge in [-0.2, -0.15) is 0 Å². The van der Waals surface area contributed by atoms with Crippen LogP contribution in [0.2, 0.25) is 0 Å². The smallest absolute Gasteiger partial charge is 0.105 e. The standard InChI is InChI=1S/C16H22N2O/c1-13-15(8-10-19-13)11-18(2)12-16-6-4-3-5-14(16)7-9-17/h3-6,8,10H,7,9,11-12,17H2,1-2H3.